The molecule has 0 aliphatic carbocycles. The molecule has 150 valence electrons. The smallest absolute Gasteiger partial charge is 0.325 e. The summed E-state index contributed by atoms with van der Waals surface area (Å²) in [7, 11) is -4.05. The largest absolute Gasteiger partial charge is 0.462 e. The van der Waals surface area contributed by atoms with Crippen molar-refractivity contribution in [1.82, 2.24) is 5.32 Å². The lowest BCUT2D eigenvalue weighted by Crippen LogP contribution is -2.32. The quantitative estimate of drug-likeness (QED) is 0.660. The zero-order chi connectivity index (χ0) is 20.9. The first-order valence-electron chi connectivity index (χ1n) is 8.14. The fourth-order valence-electron chi connectivity index (χ4n) is 2.13. The Bertz CT molecular complexity index is 978. The van der Waals surface area contributed by atoms with Gasteiger partial charge in [-0.05, 0) is 56.3 Å². The highest BCUT2D eigenvalue weighted by Gasteiger charge is 2.20. The molecule has 10 heteroatoms. The van der Waals surface area contributed by atoms with Crippen LogP contribution in [0.3, 0.4) is 0 Å². The van der Waals surface area contributed by atoms with E-state index in [2.05, 4.69) is 10.0 Å². The number of nitrogens with one attached hydrogen (secondary N) is 2. The highest BCUT2D eigenvalue weighted by molar-refractivity contribution is 7.92. The number of amides is 1. The topological polar surface area (TPSA) is 102 Å². The van der Waals surface area contributed by atoms with Crippen molar-refractivity contribution in [3.05, 3.63) is 58.9 Å². The van der Waals surface area contributed by atoms with Crippen LogP contribution in [0.1, 0.15) is 24.2 Å². The van der Waals surface area contributed by atoms with Crippen LogP contribution in [0.5, 0.6) is 0 Å². The monoisotopic (exact) mass is 428 g/mol. The van der Waals surface area contributed by atoms with E-state index in [0.29, 0.717) is 0 Å². The van der Waals surface area contributed by atoms with E-state index in [1.54, 1.807) is 13.8 Å². The third-order valence-electron chi connectivity index (χ3n) is 3.35. The van der Waals surface area contributed by atoms with Crippen LogP contribution in [-0.4, -0.2) is 32.9 Å². The van der Waals surface area contributed by atoms with Crippen molar-refractivity contribution in [1.29, 1.82) is 0 Å². The van der Waals surface area contributed by atoms with Crippen LogP contribution in [0.25, 0.3) is 0 Å². The molecule has 1 amide bonds. The summed E-state index contributed by atoms with van der Waals surface area (Å²) in [6.45, 7) is 2.94. The number of benzene rings is 2. The molecule has 0 saturated heterocycles. The fraction of sp³-hybridized carbons (Fsp3) is 0.222. The Morgan fingerprint density at radius 2 is 1.79 bits per heavy atom. The third kappa shape index (κ3) is 5.93. The second kappa shape index (κ2) is 9.03. The number of ether oxygens (including phenoxy) is 1. The van der Waals surface area contributed by atoms with E-state index in [9.17, 15) is 22.4 Å². The van der Waals surface area contributed by atoms with Crippen LogP contribution in [0, 0.1) is 5.82 Å². The first-order chi connectivity index (χ1) is 13.1. The van der Waals surface area contributed by atoms with Gasteiger partial charge in [-0.25, -0.2) is 12.8 Å². The second-order valence-corrected chi connectivity index (χ2v) is 8.06. The van der Waals surface area contributed by atoms with E-state index in [4.69, 9.17) is 16.3 Å². The Balaban J connectivity index is 2.18. The number of halogens is 2. The first kappa shape index (κ1) is 21.6. The van der Waals surface area contributed by atoms with Gasteiger partial charge in [0.25, 0.3) is 15.9 Å². The van der Waals surface area contributed by atoms with Crippen LogP contribution in [0.2, 0.25) is 5.02 Å². The van der Waals surface area contributed by atoms with E-state index in [1.807, 2.05) is 0 Å². The lowest BCUT2D eigenvalue weighted by Gasteiger charge is -2.12. The molecule has 0 bridgehead atoms. The van der Waals surface area contributed by atoms with Gasteiger partial charge in [0.1, 0.15) is 12.4 Å². The number of carbonyl (C=O) groups excluding carboxylic acids is 2. The molecular weight excluding hydrogens is 411 g/mol. The minimum Gasteiger partial charge on any atom is -0.462 e. The summed E-state index contributed by atoms with van der Waals surface area (Å²) in [6, 6.07) is 8.29. The van der Waals surface area contributed by atoms with Crippen LogP contribution in [0.15, 0.2) is 47.4 Å². The molecule has 2 rings (SSSR count). The number of hydrogen-bond acceptors (Lipinski definition) is 5. The molecule has 0 atom stereocenters. The Kier molecular flexibility index (Phi) is 6.98. The molecule has 28 heavy (non-hydrogen) atoms. The predicted molar refractivity (Wildman–Crippen MR) is 102 cm³/mol. The average molecular weight is 429 g/mol. The van der Waals surface area contributed by atoms with Crippen molar-refractivity contribution in [2.75, 3.05) is 11.3 Å². The Labute approximate surface area is 166 Å². The van der Waals surface area contributed by atoms with Crippen molar-refractivity contribution in [3.8, 4) is 0 Å². The molecule has 0 aliphatic rings. The fourth-order valence-corrected chi connectivity index (χ4v) is 3.42. The maximum atomic E-state index is 13.0. The summed E-state index contributed by atoms with van der Waals surface area (Å²) in [4.78, 5) is 23.6. The average Bonchev–Trinajstić information content (AvgIpc) is 2.61. The van der Waals surface area contributed by atoms with Crippen LogP contribution < -0.4 is 10.0 Å². The van der Waals surface area contributed by atoms with Crippen LogP contribution in [0.4, 0.5) is 10.1 Å². The summed E-state index contributed by atoms with van der Waals surface area (Å²) in [5.74, 6) is -1.88. The van der Waals surface area contributed by atoms with E-state index in [1.165, 1.54) is 24.3 Å². The SMILES string of the molecule is CC(C)OC(=O)CNC(=O)c1cc(S(=O)(=O)Nc2ccc(F)cc2)ccc1Cl. The zero-order valence-electron chi connectivity index (χ0n) is 15.0. The molecule has 0 fully saturated rings. The number of esters is 1. The maximum absolute atomic E-state index is 13.0. The summed E-state index contributed by atoms with van der Waals surface area (Å²) in [5, 5.41) is 2.33. The minimum absolute atomic E-state index is 0.00968. The highest BCUT2D eigenvalue weighted by atomic mass is 35.5. The van der Waals surface area contributed by atoms with Crippen LogP contribution >= 0.6 is 11.6 Å². The van der Waals surface area contributed by atoms with Gasteiger partial charge in [0.2, 0.25) is 0 Å². The Hall–Kier alpha value is -2.65. The summed E-state index contributed by atoms with van der Waals surface area (Å²) >= 11 is 5.98. The molecule has 0 heterocycles. The van der Waals surface area contributed by atoms with Gasteiger partial charge >= 0.3 is 5.97 Å². The summed E-state index contributed by atoms with van der Waals surface area (Å²) in [5.41, 5.74) is 0.0276. The number of sulfonamides is 1. The van der Waals surface area contributed by atoms with Gasteiger partial charge in [0, 0.05) is 5.69 Å². The standard InChI is InChI=1S/C18H18ClFN2O5S/c1-11(2)27-17(23)10-21-18(24)15-9-14(7-8-16(15)19)28(25,26)22-13-5-3-12(20)4-6-13/h3-9,11,22H,10H2,1-2H3,(H,21,24). The molecule has 0 unspecified atom stereocenters. The predicted octanol–water partition coefficient (Wildman–Crippen LogP) is 2.96. The van der Waals surface area contributed by atoms with E-state index >= 15 is 0 Å². The van der Waals surface area contributed by atoms with Gasteiger partial charge < -0.3 is 10.1 Å². The van der Waals surface area contributed by atoms with Crippen LogP contribution in [-0.2, 0) is 19.6 Å². The summed E-state index contributed by atoms with van der Waals surface area (Å²) in [6.07, 6.45) is -0.334. The first-order valence-corrected chi connectivity index (χ1v) is 10.00. The third-order valence-corrected chi connectivity index (χ3v) is 5.06. The normalized spacial score (nSPS) is 11.2. The molecule has 2 N–H and O–H groups in total. The zero-order valence-corrected chi connectivity index (χ0v) is 16.6. The molecule has 0 aromatic heterocycles. The number of hydrogen-bond donors (Lipinski definition) is 2. The van der Waals surface area contributed by atoms with Crippen molar-refractivity contribution in [2.45, 2.75) is 24.8 Å². The molecular formula is C18H18ClFN2O5S. The van der Waals surface area contributed by atoms with Gasteiger partial charge in [-0.1, -0.05) is 11.6 Å². The van der Waals surface area contributed by atoms with Gasteiger partial charge in [-0.15, -0.1) is 0 Å². The van der Waals surface area contributed by atoms with Gasteiger partial charge in [-0.3, -0.25) is 14.3 Å². The van der Waals surface area contributed by atoms with Crippen molar-refractivity contribution < 1.29 is 27.1 Å². The lowest BCUT2D eigenvalue weighted by atomic mass is 10.2. The number of carbonyl (C=O) groups is 2. The number of rotatable bonds is 7. The highest BCUT2D eigenvalue weighted by Crippen LogP contribution is 2.22. The van der Waals surface area contributed by atoms with Crippen molar-refractivity contribution in [3.63, 3.8) is 0 Å². The van der Waals surface area contributed by atoms with E-state index < -0.39 is 34.3 Å². The Morgan fingerprint density at radius 3 is 2.39 bits per heavy atom. The lowest BCUT2D eigenvalue weighted by molar-refractivity contribution is -0.146. The molecule has 0 saturated carbocycles. The van der Waals surface area contributed by atoms with E-state index in [0.717, 1.165) is 18.2 Å². The van der Waals surface area contributed by atoms with Gasteiger partial charge in [0.15, 0.2) is 0 Å². The van der Waals surface area contributed by atoms with E-state index in [-0.39, 0.29) is 27.3 Å². The second-order valence-electron chi connectivity index (χ2n) is 5.98. The van der Waals surface area contributed by atoms with Gasteiger partial charge in [-0.2, -0.15) is 0 Å². The summed E-state index contributed by atoms with van der Waals surface area (Å²) < 4.78 is 45.1. The molecule has 2 aromatic rings. The molecule has 2 aromatic carbocycles. The Morgan fingerprint density at radius 1 is 1.14 bits per heavy atom. The van der Waals surface area contributed by atoms with Gasteiger partial charge in [0.05, 0.1) is 21.6 Å². The number of anilines is 1. The molecule has 0 radical (unpaired) electrons. The maximum Gasteiger partial charge on any atom is 0.325 e. The van der Waals surface area contributed by atoms with Crippen molar-refractivity contribution >= 4 is 39.2 Å². The molecule has 0 spiro atoms. The minimum atomic E-state index is -4.05. The van der Waals surface area contributed by atoms with Crippen molar-refractivity contribution in [2.24, 2.45) is 0 Å². The molecule has 7 nitrogen and oxygen atoms in total. The molecule has 0 aliphatic heterocycles.